The van der Waals surface area contributed by atoms with Crippen LogP contribution >= 0.6 is 0 Å². The van der Waals surface area contributed by atoms with Crippen molar-refractivity contribution in [2.24, 2.45) is 17.8 Å². The molecule has 7 nitrogen and oxygen atoms in total. The Morgan fingerprint density at radius 1 is 1.35 bits per heavy atom. The summed E-state index contributed by atoms with van der Waals surface area (Å²) in [7, 11) is 1.30. The second-order valence-corrected chi connectivity index (χ2v) is 6.84. The molecule has 128 valence electrons. The molecule has 0 bridgehead atoms. The summed E-state index contributed by atoms with van der Waals surface area (Å²) in [6.07, 6.45) is 4.39. The molecule has 7 heteroatoms. The van der Waals surface area contributed by atoms with E-state index in [1.165, 1.54) is 20.0 Å². The second kappa shape index (κ2) is 6.86. The fourth-order valence-corrected chi connectivity index (χ4v) is 4.25. The molecule has 0 aromatic heterocycles. The van der Waals surface area contributed by atoms with Crippen LogP contribution in [0, 0.1) is 17.8 Å². The van der Waals surface area contributed by atoms with E-state index in [1.807, 2.05) is 0 Å². The van der Waals surface area contributed by atoms with Gasteiger partial charge in [-0.1, -0.05) is 6.42 Å². The minimum atomic E-state index is -0.761. The fraction of sp³-hybridized carbons (Fsp3) is 0.812. The van der Waals surface area contributed by atoms with Crippen LogP contribution in [0.25, 0.3) is 0 Å². The van der Waals surface area contributed by atoms with Crippen molar-refractivity contribution >= 4 is 17.8 Å². The number of carbonyl (C=O) groups is 3. The van der Waals surface area contributed by atoms with E-state index >= 15 is 0 Å². The maximum Gasteiger partial charge on any atom is 0.328 e. The summed E-state index contributed by atoms with van der Waals surface area (Å²) in [5.41, 5.74) is 0. The third kappa shape index (κ3) is 3.34. The zero-order valence-electron chi connectivity index (χ0n) is 13.5. The van der Waals surface area contributed by atoms with Crippen LogP contribution < -0.4 is 16.0 Å². The van der Waals surface area contributed by atoms with Crippen LogP contribution in [0.1, 0.15) is 32.1 Å². The monoisotopic (exact) mass is 323 g/mol. The van der Waals surface area contributed by atoms with Crippen LogP contribution in [0.15, 0.2) is 0 Å². The second-order valence-electron chi connectivity index (χ2n) is 6.84. The Morgan fingerprint density at radius 2 is 2.17 bits per heavy atom. The number of fused-ring (bicyclic) bond motifs is 1. The summed E-state index contributed by atoms with van der Waals surface area (Å²) in [6.45, 7) is 1.50. The number of rotatable bonds is 5. The van der Waals surface area contributed by atoms with Crippen molar-refractivity contribution in [3.05, 3.63) is 0 Å². The Balaban J connectivity index is 1.62. The maximum absolute atomic E-state index is 12.6. The highest BCUT2D eigenvalue weighted by Gasteiger charge is 2.43. The van der Waals surface area contributed by atoms with Crippen LogP contribution in [-0.2, 0) is 19.1 Å². The van der Waals surface area contributed by atoms with Gasteiger partial charge in [0.05, 0.1) is 13.2 Å². The Labute approximate surface area is 135 Å². The van der Waals surface area contributed by atoms with Crippen molar-refractivity contribution in [3.63, 3.8) is 0 Å². The molecule has 3 N–H and O–H groups in total. The highest BCUT2D eigenvalue weighted by atomic mass is 16.5. The average molecular weight is 323 g/mol. The largest absolute Gasteiger partial charge is 0.467 e. The van der Waals surface area contributed by atoms with Gasteiger partial charge in [-0.15, -0.1) is 0 Å². The van der Waals surface area contributed by atoms with Crippen molar-refractivity contribution in [2.75, 3.05) is 20.2 Å². The summed E-state index contributed by atoms with van der Waals surface area (Å²) in [4.78, 5) is 36.3. The lowest BCUT2D eigenvalue weighted by molar-refractivity contribution is -0.146. The van der Waals surface area contributed by atoms with Crippen LogP contribution in [0.2, 0.25) is 0 Å². The Morgan fingerprint density at radius 3 is 2.87 bits per heavy atom. The van der Waals surface area contributed by atoms with Gasteiger partial charge in [0.25, 0.3) is 0 Å². The molecule has 5 atom stereocenters. The highest BCUT2D eigenvalue weighted by molar-refractivity contribution is 5.89. The summed E-state index contributed by atoms with van der Waals surface area (Å²) < 4.78 is 4.80. The molecule has 0 aromatic carbocycles. The number of amides is 2. The first-order valence-electron chi connectivity index (χ1n) is 8.49. The maximum atomic E-state index is 12.6. The molecule has 0 unspecified atom stereocenters. The smallest absolute Gasteiger partial charge is 0.328 e. The number of carbonyl (C=O) groups excluding carboxylic acids is 3. The Kier molecular flexibility index (Phi) is 4.84. The van der Waals surface area contributed by atoms with E-state index in [0.717, 1.165) is 13.0 Å². The number of esters is 1. The Bertz CT molecular complexity index is 496. The number of nitrogens with one attached hydrogen (secondary N) is 3. The van der Waals surface area contributed by atoms with Gasteiger partial charge in [0.1, 0.15) is 6.04 Å². The van der Waals surface area contributed by atoms with E-state index in [4.69, 9.17) is 4.74 Å². The standard InChI is InChI=1S/C16H25N3O4/c1-23-16(22)12(7-9-5-6-17-14(9)20)19-15(21)13-11-4-2-3-10(11)8-18-13/h9-13,18H,2-8H2,1H3,(H,17,20)(H,19,21)/t9-,10-,11-,12-,13-/m0/s1. The molecule has 0 spiro atoms. The minimum Gasteiger partial charge on any atom is -0.467 e. The number of hydrogen-bond donors (Lipinski definition) is 3. The van der Waals surface area contributed by atoms with Gasteiger partial charge in [-0.25, -0.2) is 4.79 Å². The zero-order valence-corrected chi connectivity index (χ0v) is 13.5. The van der Waals surface area contributed by atoms with Crippen molar-refractivity contribution in [1.29, 1.82) is 0 Å². The number of ether oxygens (including phenoxy) is 1. The molecule has 3 rings (SSSR count). The van der Waals surface area contributed by atoms with Crippen LogP contribution in [0.4, 0.5) is 0 Å². The SMILES string of the molecule is COC(=O)[C@H](C[C@@H]1CCNC1=O)NC(=O)[C@H]1NC[C@@H]2CCC[C@@H]21. The summed E-state index contributed by atoms with van der Waals surface area (Å²) >= 11 is 0. The third-order valence-electron chi connectivity index (χ3n) is 5.51. The lowest BCUT2D eigenvalue weighted by Crippen LogP contribution is -2.51. The molecule has 2 aliphatic heterocycles. The van der Waals surface area contributed by atoms with E-state index in [9.17, 15) is 14.4 Å². The predicted molar refractivity (Wildman–Crippen MR) is 82.3 cm³/mol. The molecule has 0 aromatic rings. The lowest BCUT2D eigenvalue weighted by atomic mass is 9.93. The van der Waals surface area contributed by atoms with Gasteiger partial charge in [0.15, 0.2) is 0 Å². The molecule has 3 fully saturated rings. The average Bonchev–Trinajstić information content (AvgIpc) is 3.23. The lowest BCUT2D eigenvalue weighted by Gasteiger charge is -2.23. The molecule has 1 aliphatic carbocycles. The predicted octanol–water partition coefficient (Wildman–Crippen LogP) is -0.441. The van der Waals surface area contributed by atoms with Gasteiger partial charge in [-0.2, -0.15) is 0 Å². The van der Waals surface area contributed by atoms with Crippen molar-refractivity contribution in [2.45, 2.75) is 44.2 Å². The molecule has 2 saturated heterocycles. The third-order valence-corrected chi connectivity index (χ3v) is 5.51. The molecule has 1 saturated carbocycles. The van der Waals surface area contributed by atoms with Gasteiger partial charge in [0, 0.05) is 12.5 Å². The molecule has 0 radical (unpaired) electrons. The van der Waals surface area contributed by atoms with Gasteiger partial charge < -0.3 is 20.7 Å². The van der Waals surface area contributed by atoms with Crippen LogP contribution in [0.3, 0.4) is 0 Å². The minimum absolute atomic E-state index is 0.0528. The molecular weight excluding hydrogens is 298 g/mol. The molecule has 2 amide bonds. The highest BCUT2D eigenvalue weighted by Crippen LogP contribution is 2.37. The topological polar surface area (TPSA) is 96.5 Å². The fourth-order valence-electron chi connectivity index (χ4n) is 4.25. The summed E-state index contributed by atoms with van der Waals surface area (Å²) in [5.74, 6) is 0.0106. The summed E-state index contributed by atoms with van der Waals surface area (Å²) in [5, 5.41) is 8.85. The van der Waals surface area contributed by atoms with E-state index in [0.29, 0.717) is 31.2 Å². The van der Waals surface area contributed by atoms with Gasteiger partial charge >= 0.3 is 5.97 Å². The van der Waals surface area contributed by atoms with Gasteiger partial charge in [-0.3, -0.25) is 9.59 Å². The zero-order chi connectivity index (χ0) is 16.4. The van der Waals surface area contributed by atoms with E-state index < -0.39 is 12.0 Å². The quantitative estimate of drug-likeness (QED) is 0.596. The van der Waals surface area contributed by atoms with Crippen molar-refractivity contribution in [1.82, 2.24) is 16.0 Å². The number of methoxy groups -OCH3 is 1. The van der Waals surface area contributed by atoms with Crippen molar-refractivity contribution in [3.8, 4) is 0 Å². The normalized spacial score (nSPS) is 33.9. The Hall–Kier alpha value is -1.63. The van der Waals surface area contributed by atoms with Gasteiger partial charge in [-0.05, 0) is 44.1 Å². The first-order chi connectivity index (χ1) is 11.1. The molecule has 3 aliphatic rings. The first-order valence-corrected chi connectivity index (χ1v) is 8.49. The van der Waals surface area contributed by atoms with Gasteiger partial charge in [0.2, 0.25) is 11.8 Å². The van der Waals surface area contributed by atoms with E-state index in [2.05, 4.69) is 16.0 Å². The molecule has 2 heterocycles. The number of hydrogen-bond acceptors (Lipinski definition) is 5. The molecule has 23 heavy (non-hydrogen) atoms. The van der Waals surface area contributed by atoms with E-state index in [1.54, 1.807) is 0 Å². The molecular formula is C16H25N3O4. The van der Waals surface area contributed by atoms with Crippen molar-refractivity contribution < 1.29 is 19.1 Å². The van der Waals surface area contributed by atoms with Crippen LogP contribution in [0.5, 0.6) is 0 Å². The first kappa shape index (κ1) is 16.2. The summed E-state index contributed by atoms with van der Waals surface area (Å²) in [6, 6.07) is -0.990. The van der Waals surface area contributed by atoms with E-state index in [-0.39, 0.29) is 23.8 Å². The van der Waals surface area contributed by atoms with Crippen LogP contribution in [-0.4, -0.2) is 50.1 Å².